The van der Waals surface area contributed by atoms with Crippen LogP contribution in [0.3, 0.4) is 0 Å². The lowest BCUT2D eigenvalue weighted by atomic mass is 10.0. The highest BCUT2D eigenvalue weighted by molar-refractivity contribution is 5.92. The fraction of sp³-hybridized carbons (Fsp3) is 0.391. The van der Waals surface area contributed by atoms with Crippen molar-refractivity contribution < 1.29 is 14.3 Å². The highest BCUT2D eigenvalue weighted by Crippen LogP contribution is 2.19. The number of methoxy groups -OCH3 is 1. The highest BCUT2D eigenvalue weighted by Gasteiger charge is 2.23. The zero-order valence-corrected chi connectivity index (χ0v) is 17.6. The quantitative estimate of drug-likeness (QED) is 0.642. The Morgan fingerprint density at radius 1 is 1.07 bits per heavy atom. The molecule has 2 N–H and O–H groups in total. The summed E-state index contributed by atoms with van der Waals surface area (Å²) >= 11 is 0. The van der Waals surface area contributed by atoms with E-state index in [1.54, 1.807) is 43.3 Å². The molecule has 0 aliphatic carbocycles. The number of carbonyl (C=O) groups excluding carboxylic acids is 2. The standard InChI is InChI=1S/C23H31N3O3/c1-5-9-21(18-10-7-6-8-11-18)25-23(28)17(2)26(3)16-22(27)24-19-12-14-20(29-4)15-13-19/h6-8,10-15,17,21H,5,9,16H2,1-4H3,(H,24,27)(H,25,28)/t17-,21+/m1/s1. The first-order chi connectivity index (χ1) is 13.9. The van der Waals surface area contributed by atoms with Crippen LogP contribution in [0.25, 0.3) is 0 Å². The first-order valence-corrected chi connectivity index (χ1v) is 9.94. The number of hydrogen-bond acceptors (Lipinski definition) is 4. The van der Waals surface area contributed by atoms with Gasteiger partial charge < -0.3 is 15.4 Å². The van der Waals surface area contributed by atoms with E-state index < -0.39 is 6.04 Å². The molecule has 0 heterocycles. The second-order valence-corrected chi connectivity index (χ2v) is 7.13. The van der Waals surface area contributed by atoms with Crippen molar-refractivity contribution in [2.75, 3.05) is 26.0 Å². The number of anilines is 1. The van der Waals surface area contributed by atoms with E-state index >= 15 is 0 Å². The van der Waals surface area contributed by atoms with Gasteiger partial charge >= 0.3 is 0 Å². The molecule has 0 spiro atoms. The van der Waals surface area contributed by atoms with Gasteiger partial charge in [-0.25, -0.2) is 0 Å². The molecule has 2 aromatic rings. The lowest BCUT2D eigenvalue weighted by Crippen LogP contribution is -2.46. The smallest absolute Gasteiger partial charge is 0.238 e. The van der Waals surface area contributed by atoms with Crippen molar-refractivity contribution in [2.24, 2.45) is 0 Å². The van der Waals surface area contributed by atoms with Crippen LogP contribution < -0.4 is 15.4 Å². The van der Waals surface area contributed by atoms with Crippen molar-refractivity contribution in [1.82, 2.24) is 10.2 Å². The maximum atomic E-state index is 12.8. The van der Waals surface area contributed by atoms with Crippen molar-refractivity contribution >= 4 is 17.5 Å². The minimum atomic E-state index is -0.431. The monoisotopic (exact) mass is 397 g/mol. The van der Waals surface area contributed by atoms with E-state index in [0.717, 1.165) is 24.2 Å². The SMILES string of the molecule is CCC[C@H](NC(=O)[C@@H](C)N(C)CC(=O)Nc1ccc(OC)cc1)c1ccccc1. The number of carbonyl (C=O) groups is 2. The summed E-state index contributed by atoms with van der Waals surface area (Å²) in [7, 11) is 3.37. The van der Waals surface area contributed by atoms with Crippen molar-refractivity contribution in [3.63, 3.8) is 0 Å². The number of nitrogens with one attached hydrogen (secondary N) is 2. The van der Waals surface area contributed by atoms with Gasteiger partial charge in [-0.15, -0.1) is 0 Å². The molecule has 2 amide bonds. The van der Waals surface area contributed by atoms with Crippen LogP contribution >= 0.6 is 0 Å². The van der Waals surface area contributed by atoms with E-state index in [4.69, 9.17) is 4.74 Å². The Hall–Kier alpha value is -2.86. The van der Waals surface area contributed by atoms with Crippen LogP contribution in [0.2, 0.25) is 0 Å². The average Bonchev–Trinajstić information content (AvgIpc) is 2.73. The highest BCUT2D eigenvalue weighted by atomic mass is 16.5. The van der Waals surface area contributed by atoms with E-state index in [0.29, 0.717) is 5.69 Å². The fourth-order valence-corrected chi connectivity index (χ4v) is 3.03. The molecule has 0 radical (unpaired) electrons. The topological polar surface area (TPSA) is 70.7 Å². The third kappa shape index (κ3) is 6.91. The molecule has 0 saturated heterocycles. The molecule has 0 aromatic heterocycles. The van der Waals surface area contributed by atoms with E-state index in [2.05, 4.69) is 17.6 Å². The zero-order chi connectivity index (χ0) is 21.2. The summed E-state index contributed by atoms with van der Waals surface area (Å²) in [6.07, 6.45) is 1.83. The molecular weight excluding hydrogens is 366 g/mol. The van der Waals surface area contributed by atoms with Crippen LogP contribution in [0.1, 0.15) is 38.3 Å². The number of ether oxygens (including phenoxy) is 1. The van der Waals surface area contributed by atoms with E-state index in [1.807, 2.05) is 37.3 Å². The molecular formula is C23H31N3O3. The Morgan fingerprint density at radius 2 is 1.72 bits per heavy atom. The Morgan fingerprint density at radius 3 is 2.31 bits per heavy atom. The van der Waals surface area contributed by atoms with Gasteiger partial charge in [0.1, 0.15) is 5.75 Å². The van der Waals surface area contributed by atoms with Gasteiger partial charge in [0.15, 0.2) is 0 Å². The van der Waals surface area contributed by atoms with Crippen molar-refractivity contribution in [1.29, 1.82) is 0 Å². The summed E-state index contributed by atoms with van der Waals surface area (Å²) in [4.78, 5) is 26.8. The first-order valence-electron chi connectivity index (χ1n) is 9.94. The summed E-state index contributed by atoms with van der Waals surface area (Å²) in [6, 6.07) is 16.6. The van der Waals surface area contributed by atoms with Crippen LogP contribution in [-0.4, -0.2) is 43.5 Å². The lowest BCUT2D eigenvalue weighted by Gasteiger charge is -2.26. The first kappa shape index (κ1) is 22.4. The number of benzene rings is 2. The van der Waals surface area contributed by atoms with Gasteiger partial charge in [-0.3, -0.25) is 14.5 Å². The molecule has 0 fully saturated rings. The minimum absolute atomic E-state index is 0.0299. The molecule has 2 aromatic carbocycles. The van der Waals surface area contributed by atoms with Crippen LogP contribution in [0, 0.1) is 0 Å². The molecule has 0 unspecified atom stereocenters. The lowest BCUT2D eigenvalue weighted by molar-refractivity contribution is -0.127. The van der Waals surface area contributed by atoms with Gasteiger partial charge in [0.25, 0.3) is 0 Å². The zero-order valence-electron chi connectivity index (χ0n) is 17.6. The van der Waals surface area contributed by atoms with Gasteiger partial charge in [0, 0.05) is 5.69 Å². The van der Waals surface area contributed by atoms with E-state index in [-0.39, 0.29) is 24.4 Å². The third-order valence-electron chi connectivity index (χ3n) is 4.90. The molecule has 0 aliphatic heterocycles. The second-order valence-electron chi connectivity index (χ2n) is 7.13. The minimum Gasteiger partial charge on any atom is -0.497 e. The molecule has 2 atom stereocenters. The predicted molar refractivity (Wildman–Crippen MR) is 116 cm³/mol. The van der Waals surface area contributed by atoms with Gasteiger partial charge in [0.2, 0.25) is 11.8 Å². The van der Waals surface area contributed by atoms with Gasteiger partial charge in [-0.05, 0) is 50.2 Å². The number of likely N-dealkylation sites (N-methyl/N-ethyl adjacent to an activating group) is 1. The number of hydrogen-bond donors (Lipinski definition) is 2. The summed E-state index contributed by atoms with van der Waals surface area (Å²) in [5, 5.41) is 5.96. The second kappa shape index (κ2) is 11.2. The van der Waals surface area contributed by atoms with E-state index in [9.17, 15) is 9.59 Å². The normalized spacial score (nSPS) is 12.9. The summed E-state index contributed by atoms with van der Waals surface area (Å²) in [6.45, 7) is 4.02. The van der Waals surface area contributed by atoms with Crippen LogP contribution in [0.15, 0.2) is 54.6 Å². The van der Waals surface area contributed by atoms with Gasteiger partial charge in [0.05, 0.1) is 25.7 Å². The third-order valence-corrected chi connectivity index (χ3v) is 4.90. The molecule has 6 heteroatoms. The molecule has 2 rings (SSSR count). The summed E-state index contributed by atoms with van der Waals surface area (Å²) in [5.41, 5.74) is 1.78. The largest absolute Gasteiger partial charge is 0.497 e. The molecule has 156 valence electrons. The molecule has 29 heavy (non-hydrogen) atoms. The molecule has 0 aliphatic rings. The van der Waals surface area contributed by atoms with Crippen molar-refractivity contribution in [3.05, 3.63) is 60.2 Å². The number of nitrogens with zero attached hydrogens (tertiary/aromatic N) is 1. The summed E-state index contributed by atoms with van der Waals surface area (Å²) < 4.78 is 5.11. The maximum Gasteiger partial charge on any atom is 0.238 e. The summed E-state index contributed by atoms with van der Waals surface area (Å²) in [5.74, 6) is 0.461. The van der Waals surface area contributed by atoms with Crippen molar-refractivity contribution in [3.8, 4) is 5.75 Å². The molecule has 0 saturated carbocycles. The number of rotatable bonds is 10. The Labute approximate surface area is 173 Å². The van der Waals surface area contributed by atoms with Gasteiger partial charge in [-0.2, -0.15) is 0 Å². The van der Waals surface area contributed by atoms with Gasteiger partial charge in [-0.1, -0.05) is 43.7 Å². The van der Waals surface area contributed by atoms with Crippen molar-refractivity contribution in [2.45, 2.75) is 38.8 Å². The van der Waals surface area contributed by atoms with Crippen LogP contribution in [0.5, 0.6) is 5.75 Å². The Balaban J connectivity index is 1.90. The Bertz CT molecular complexity index is 778. The van der Waals surface area contributed by atoms with Crippen LogP contribution in [0.4, 0.5) is 5.69 Å². The van der Waals surface area contributed by atoms with Crippen LogP contribution in [-0.2, 0) is 9.59 Å². The maximum absolute atomic E-state index is 12.8. The fourth-order valence-electron chi connectivity index (χ4n) is 3.03. The molecule has 0 bridgehead atoms. The Kier molecular flexibility index (Phi) is 8.68. The van der Waals surface area contributed by atoms with E-state index in [1.165, 1.54) is 0 Å². The number of amides is 2. The average molecular weight is 398 g/mol. The predicted octanol–water partition coefficient (Wildman–Crippen LogP) is 3.61. The molecule has 6 nitrogen and oxygen atoms in total.